The van der Waals surface area contributed by atoms with Crippen LogP contribution in [0.4, 0.5) is 5.69 Å². The SMILES string of the molecule is CCCCC(CC)CN(c1ccccc1)P(C)Oc1ccccn1. The van der Waals surface area contributed by atoms with Gasteiger partial charge in [-0.05, 0) is 30.5 Å². The molecule has 2 unspecified atom stereocenters. The Bertz CT molecular complexity index is 564. The van der Waals surface area contributed by atoms with Crippen molar-refractivity contribution in [3.63, 3.8) is 0 Å². The van der Waals surface area contributed by atoms with Gasteiger partial charge in [-0.3, -0.25) is 0 Å². The third kappa shape index (κ3) is 5.79. The van der Waals surface area contributed by atoms with Crippen LogP contribution in [0.25, 0.3) is 0 Å². The quantitative estimate of drug-likeness (QED) is 0.485. The highest BCUT2D eigenvalue weighted by Crippen LogP contribution is 2.42. The Labute approximate surface area is 148 Å². The van der Waals surface area contributed by atoms with Gasteiger partial charge in [0.1, 0.15) is 0 Å². The average Bonchev–Trinajstić information content (AvgIpc) is 2.63. The second-order valence-corrected chi connectivity index (χ2v) is 7.65. The molecule has 130 valence electrons. The Kier molecular flexibility index (Phi) is 8.04. The van der Waals surface area contributed by atoms with E-state index < -0.39 is 8.30 Å². The van der Waals surface area contributed by atoms with Crippen LogP contribution in [0.5, 0.6) is 5.88 Å². The molecule has 1 heterocycles. The maximum Gasteiger partial charge on any atom is 0.217 e. The summed E-state index contributed by atoms with van der Waals surface area (Å²) in [6.45, 7) is 7.76. The molecule has 2 rings (SSSR count). The fourth-order valence-corrected chi connectivity index (χ4v) is 4.13. The molecule has 0 aliphatic carbocycles. The highest BCUT2D eigenvalue weighted by atomic mass is 31.2. The second-order valence-electron chi connectivity index (χ2n) is 6.06. The highest BCUT2D eigenvalue weighted by Gasteiger charge is 2.21. The summed E-state index contributed by atoms with van der Waals surface area (Å²) in [5, 5.41) is 0. The molecule has 1 aromatic carbocycles. The molecule has 1 aromatic heterocycles. The van der Waals surface area contributed by atoms with Crippen LogP contribution in [0, 0.1) is 5.92 Å². The Hall–Kier alpha value is -1.60. The van der Waals surface area contributed by atoms with Crippen LogP contribution in [0.1, 0.15) is 39.5 Å². The number of rotatable bonds is 10. The van der Waals surface area contributed by atoms with Crippen molar-refractivity contribution in [2.45, 2.75) is 39.5 Å². The van der Waals surface area contributed by atoms with Gasteiger partial charge in [0.05, 0.1) is 0 Å². The first kappa shape index (κ1) is 18.7. The van der Waals surface area contributed by atoms with E-state index in [-0.39, 0.29) is 0 Å². The van der Waals surface area contributed by atoms with Crippen molar-refractivity contribution in [2.24, 2.45) is 5.92 Å². The van der Waals surface area contributed by atoms with Gasteiger partial charge in [0.2, 0.25) is 5.88 Å². The molecule has 0 saturated carbocycles. The molecule has 0 fully saturated rings. The summed E-state index contributed by atoms with van der Waals surface area (Å²) < 4.78 is 8.58. The zero-order chi connectivity index (χ0) is 17.2. The van der Waals surface area contributed by atoms with Gasteiger partial charge >= 0.3 is 0 Å². The third-order valence-corrected chi connectivity index (χ3v) is 5.76. The van der Waals surface area contributed by atoms with E-state index in [0.29, 0.717) is 11.8 Å². The van der Waals surface area contributed by atoms with E-state index in [2.05, 4.69) is 60.5 Å². The van der Waals surface area contributed by atoms with Gasteiger partial charge in [0.25, 0.3) is 0 Å². The first-order valence-corrected chi connectivity index (χ1v) is 10.6. The van der Waals surface area contributed by atoms with Crippen molar-refractivity contribution in [1.82, 2.24) is 4.98 Å². The van der Waals surface area contributed by atoms with E-state index in [1.165, 1.54) is 31.4 Å². The third-order valence-electron chi connectivity index (χ3n) is 4.23. The molecule has 0 spiro atoms. The zero-order valence-electron chi connectivity index (χ0n) is 15.1. The first-order chi connectivity index (χ1) is 11.7. The maximum atomic E-state index is 6.16. The van der Waals surface area contributed by atoms with Gasteiger partial charge in [-0.25, -0.2) is 4.98 Å². The van der Waals surface area contributed by atoms with Crippen LogP contribution < -0.4 is 9.19 Å². The van der Waals surface area contributed by atoms with E-state index in [0.717, 1.165) is 6.54 Å². The number of anilines is 1. The fraction of sp³-hybridized carbons (Fsp3) is 0.450. The van der Waals surface area contributed by atoms with Crippen molar-refractivity contribution in [1.29, 1.82) is 0 Å². The number of hydrogen-bond donors (Lipinski definition) is 0. The molecule has 2 atom stereocenters. The summed E-state index contributed by atoms with van der Waals surface area (Å²) in [4.78, 5) is 4.31. The number of nitrogens with zero attached hydrogens (tertiary/aromatic N) is 2. The molecule has 0 amide bonds. The van der Waals surface area contributed by atoms with Crippen molar-refractivity contribution < 1.29 is 4.52 Å². The molecule has 0 bridgehead atoms. The normalized spacial score (nSPS) is 13.3. The van der Waals surface area contributed by atoms with Crippen molar-refractivity contribution in [3.05, 3.63) is 54.7 Å². The predicted octanol–water partition coefficient (Wildman–Crippen LogP) is 6.13. The maximum absolute atomic E-state index is 6.16. The first-order valence-electron chi connectivity index (χ1n) is 8.89. The summed E-state index contributed by atoms with van der Waals surface area (Å²) >= 11 is 0. The van der Waals surface area contributed by atoms with E-state index in [1.54, 1.807) is 6.20 Å². The Balaban J connectivity index is 2.13. The Morgan fingerprint density at radius 1 is 1.08 bits per heavy atom. The second kappa shape index (κ2) is 10.3. The standard InChI is InChI=1S/C20H29N2OP/c1-4-6-12-18(5-2)17-22(19-13-8-7-9-14-19)24(3)23-20-15-10-11-16-21-20/h7-11,13-16,18H,4-6,12,17H2,1-3H3. The lowest BCUT2D eigenvalue weighted by atomic mass is 9.99. The molecular weight excluding hydrogens is 315 g/mol. The molecular formula is C20H29N2OP. The summed E-state index contributed by atoms with van der Waals surface area (Å²) in [6, 6.07) is 16.4. The van der Waals surface area contributed by atoms with E-state index >= 15 is 0 Å². The van der Waals surface area contributed by atoms with Gasteiger partial charge in [-0.2, -0.15) is 0 Å². The summed E-state index contributed by atoms with van der Waals surface area (Å²) in [5.74, 6) is 1.40. The van der Waals surface area contributed by atoms with E-state index in [1.807, 2.05) is 18.2 Å². The minimum atomic E-state index is -0.779. The van der Waals surface area contributed by atoms with Crippen LogP contribution in [-0.4, -0.2) is 18.2 Å². The summed E-state index contributed by atoms with van der Waals surface area (Å²) in [7, 11) is -0.779. The van der Waals surface area contributed by atoms with Crippen LogP contribution in [0.2, 0.25) is 0 Å². The van der Waals surface area contributed by atoms with Gasteiger partial charge in [-0.1, -0.05) is 57.4 Å². The van der Waals surface area contributed by atoms with Crippen molar-refractivity contribution in [3.8, 4) is 5.88 Å². The van der Waals surface area contributed by atoms with Crippen LogP contribution in [0.3, 0.4) is 0 Å². The monoisotopic (exact) mass is 344 g/mol. The fourth-order valence-electron chi connectivity index (χ4n) is 2.73. The molecule has 0 radical (unpaired) electrons. The summed E-state index contributed by atoms with van der Waals surface area (Å²) in [5.41, 5.74) is 1.23. The molecule has 0 saturated heterocycles. The van der Waals surface area contributed by atoms with E-state index in [9.17, 15) is 0 Å². The van der Waals surface area contributed by atoms with Gasteiger partial charge in [0.15, 0.2) is 8.30 Å². The number of aromatic nitrogens is 1. The molecule has 2 aromatic rings. The Morgan fingerprint density at radius 2 is 1.83 bits per heavy atom. The topological polar surface area (TPSA) is 25.4 Å². The lowest BCUT2D eigenvalue weighted by molar-refractivity contribution is 0.459. The molecule has 0 aliphatic rings. The number of unbranched alkanes of at least 4 members (excludes halogenated alkanes) is 1. The molecule has 0 aliphatic heterocycles. The minimum absolute atomic E-state index is 0.697. The molecule has 0 N–H and O–H groups in total. The molecule has 4 heteroatoms. The number of para-hydroxylation sites is 1. The van der Waals surface area contributed by atoms with Crippen LogP contribution in [0.15, 0.2) is 54.7 Å². The number of benzene rings is 1. The molecule has 3 nitrogen and oxygen atoms in total. The van der Waals surface area contributed by atoms with Gasteiger partial charge in [-0.15, -0.1) is 0 Å². The lowest BCUT2D eigenvalue weighted by Gasteiger charge is -2.33. The zero-order valence-corrected chi connectivity index (χ0v) is 16.0. The minimum Gasteiger partial charge on any atom is -0.436 e. The average molecular weight is 344 g/mol. The van der Waals surface area contributed by atoms with E-state index in [4.69, 9.17) is 4.52 Å². The number of pyridine rings is 1. The Morgan fingerprint density at radius 3 is 2.46 bits per heavy atom. The van der Waals surface area contributed by atoms with Crippen LogP contribution >= 0.6 is 8.30 Å². The van der Waals surface area contributed by atoms with Gasteiger partial charge in [0, 0.05) is 31.2 Å². The van der Waals surface area contributed by atoms with Crippen LogP contribution in [-0.2, 0) is 0 Å². The summed E-state index contributed by atoms with van der Waals surface area (Å²) in [6.07, 6.45) is 6.82. The molecule has 24 heavy (non-hydrogen) atoms. The van der Waals surface area contributed by atoms with Gasteiger partial charge < -0.3 is 9.19 Å². The number of hydrogen-bond acceptors (Lipinski definition) is 3. The van der Waals surface area contributed by atoms with Crippen molar-refractivity contribution >= 4 is 14.0 Å². The van der Waals surface area contributed by atoms with Crippen molar-refractivity contribution in [2.75, 3.05) is 17.9 Å². The largest absolute Gasteiger partial charge is 0.436 e. The highest BCUT2D eigenvalue weighted by molar-refractivity contribution is 7.53. The lowest BCUT2D eigenvalue weighted by Crippen LogP contribution is -2.26. The smallest absolute Gasteiger partial charge is 0.217 e. The predicted molar refractivity (Wildman–Crippen MR) is 105 cm³/mol.